The van der Waals surface area contributed by atoms with Crippen LogP contribution in [0.25, 0.3) is 0 Å². The number of hydrogen-bond acceptors (Lipinski definition) is 4. The molecule has 0 bridgehead atoms. The Morgan fingerprint density at radius 3 is 2.58 bits per heavy atom. The molecule has 0 spiro atoms. The number of rotatable bonds is 9. The zero-order chi connectivity index (χ0) is 18.9. The molecule has 10 heteroatoms. The van der Waals surface area contributed by atoms with Crippen LogP contribution in [0.4, 0.5) is 8.78 Å². The topological polar surface area (TPSA) is 79.8 Å². The van der Waals surface area contributed by atoms with Gasteiger partial charge in [-0.1, -0.05) is 17.7 Å². The maximum atomic E-state index is 12.5. The maximum Gasteiger partial charge on any atom is 0.387 e. The fraction of sp³-hybridized carbons (Fsp3) is 0.562. The quantitative estimate of drug-likeness (QED) is 0.234. The summed E-state index contributed by atoms with van der Waals surface area (Å²) >= 11 is 0. The molecule has 0 saturated carbocycles. The van der Waals surface area contributed by atoms with Crippen molar-refractivity contribution < 1.29 is 21.9 Å². The van der Waals surface area contributed by atoms with Gasteiger partial charge in [-0.2, -0.15) is 8.78 Å². The number of aliphatic imine (C=N–C) groups is 1. The van der Waals surface area contributed by atoms with Gasteiger partial charge in [0.05, 0.1) is 12.3 Å². The fourth-order valence-corrected chi connectivity index (χ4v) is 2.76. The van der Waals surface area contributed by atoms with E-state index in [4.69, 9.17) is 0 Å². The summed E-state index contributed by atoms with van der Waals surface area (Å²) in [6.07, 6.45) is 1.64. The zero-order valence-electron chi connectivity index (χ0n) is 15.1. The average Bonchev–Trinajstić information content (AvgIpc) is 2.50. The Hall–Kier alpha value is -1.17. The molecular weight excluding hydrogens is 479 g/mol. The van der Waals surface area contributed by atoms with Crippen molar-refractivity contribution in [1.82, 2.24) is 10.6 Å². The summed E-state index contributed by atoms with van der Waals surface area (Å²) in [5.41, 5.74) is 1.46. The van der Waals surface area contributed by atoms with E-state index in [1.54, 1.807) is 12.1 Å². The molecule has 0 heterocycles. The van der Waals surface area contributed by atoms with Crippen LogP contribution in [0.15, 0.2) is 23.2 Å². The van der Waals surface area contributed by atoms with Gasteiger partial charge in [0.2, 0.25) is 0 Å². The number of halogens is 3. The monoisotopic (exact) mass is 505 g/mol. The normalized spacial score (nSPS) is 11.8. The summed E-state index contributed by atoms with van der Waals surface area (Å²) in [5, 5.41) is 6.05. The van der Waals surface area contributed by atoms with E-state index in [1.807, 2.05) is 13.8 Å². The number of aryl methyl sites for hydroxylation is 1. The van der Waals surface area contributed by atoms with E-state index in [2.05, 4.69) is 20.4 Å². The molecule has 0 fully saturated rings. The molecular formula is C16H26F2IN3O3S. The van der Waals surface area contributed by atoms with Gasteiger partial charge in [0.1, 0.15) is 15.6 Å². The second kappa shape index (κ2) is 12.3. The van der Waals surface area contributed by atoms with Crippen molar-refractivity contribution in [3.8, 4) is 5.75 Å². The molecule has 0 amide bonds. The minimum absolute atomic E-state index is 0. The maximum absolute atomic E-state index is 12.5. The summed E-state index contributed by atoms with van der Waals surface area (Å²) in [4.78, 5) is 4.35. The van der Waals surface area contributed by atoms with Crippen molar-refractivity contribution in [2.75, 3.05) is 25.1 Å². The Kier molecular flexibility index (Phi) is 11.7. The predicted octanol–water partition coefficient (Wildman–Crippen LogP) is 2.70. The summed E-state index contributed by atoms with van der Waals surface area (Å²) < 4.78 is 51.7. The van der Waals surface area contributed by atoms with E-state index in [9.17, 15) is 17.2 Å². The van der Waals surface area contributed by atoms with E-state index < -0.39 is 16.4 Å². The van der Waals surface area contributed by atoms with Crippen molar-refractivity contribution in [2.24, 2.45) is 4.99 Å². The molecule has 0 aliphatic carbocycles. The molecule has 0 aliphatic heterocycles. The fourth-order valence-electron chi connectivity index (χ4n) is 2.09. The van der Waals surface area contributed by atoms with Gasteiger partial charge in [0, 0.05) is 24.9 Å². The highest BCUT2D eigenvalue weighted by molar-refractivity contribution is 14.0. The first kappa shape index (κ1) is 24.8. The van der Waals surface area contributed by atoms with Gasteiger partial charge >= 0.3 is 6.61 Å². The number of nitrogens with zero attached hydrogens (tertiary/aromatic N) is 1. The zero-order valence-corrected chi connectivity index (χ0v) is 18.2. The summed E-state index contributed by atoms with van der Waals surface area (Å²) in [6, 6.07) is 4.94. The molecule has 6 nitrogen and oxygen atoms in total. The third-order valence-electron chi connectivity index (χ3n) is 3.17. The minimum atomic E-state index is -3.00. The molecule has 0 atom stereocenters. The number of nitrogens with one attached hydrogen (secondary N) is 2. The van der Waals surface area contributed by atoms with Gasteiger partial charge in [-0.05, 0) is 26.3 Å². The van der Waals surface area contributed by atoms with Crippen LogP contribution in [0.3, 0.4) is 0 Å². The molecule has 0 unspecified atom stereocenters. The molecule has 26 heavy (non-hydrogen) atoms. The largest absolute Gasteiger partial charge is 0.434 e. The highest BCUT2D eigenvalue weighted by Crippen LogP contribution is 2.22. The number of sulfone groups is 1. The Bertz CT molecular complexity index is 685. The predicted molar refractivity (Wildman–Crippen MR) is 110 cm³/mol. The van der Waals surface area contributed by atoms with Crippen molar-refractivity contribution in [2.45, 2.75) is 33.4 Å². The average molecular weight is 505 g/mol. The molecule has 0 aliphatic rings. The number of guanidine groups is 1. The third-order valence-corrected chi connectivity index (χ3v) is 4.20. The van der Waals surface area contributed by atoms with Crippen LogP contribution >= 0.6 is 24.0 Å². The first-order valence-corrected chi connectivity index (χ1v) is 10.0. The molecule has 150 valence electrons. The molecule has 0 saturated heterocycles. The van der Waals surface area contributed by atoms with Crippen LogP contribution in [-0.4, -0.2) is 46.1 Å². The standard InChI is InChI=1S/C16H25F2N3O3S.HI/c1-4-19-16(20-8-5-9-25(3,22)23)21-11-13-10-12(2)6-7-14(13)24-15(17)18;/h6-7,10,15H,4-5,8-9,11H2,1-3H3,(H2,19,20,21);1H. The Labute approximate surface area is 170 Å². The van der Waals surface area contributed by atoms with E-state index >= 15 is 0 Å². The van der Waals surface area contributed by atoms with Gasteiger partial charge in [-0.15, -0.1) is 24.0 Å². The summed E-state index contributed by atoms with van der Waals surface area (Å²) in [5.74, 6) is 0.668. The molecule has 0 aromatic heterocycles. The lowest BCUT2D eigenvalue weighted by molar-refractivity contribution is -0.0504. The highest BCUT2D eigenvalue weighted by Gasteiger charge is 2.10. The number of alkyl halides is 2. The molecule has 1 aromatic rings. The summed E-state index contributed by atoms with van der Waals surface area (Å²) in [6.45, 7) is 2.07. The molecule has 1 aromatic carbocycles. The number of benzene rings is 1. The third kappa shape index (κ3) is 10.7. The molecule has 1 rings (SSSR count). The van der Waals surface area contributed by atoms with Crippen LogP contribution in [0, 0.1) is 6.92 Å². The van der Waals surface area contributed by atoms with Crippen molar-refractivity contribution in [1.29, 1.82) is 0 Å². The van der Waals surface area contributed by atoms with Crippen molar-refractivity contribution >= 4 is 39.8 Å². The van der Waals surface area contributed by atoms with Crippen LogP contribution in [0.2, 0.25) is 0 Å². The Morgan fingerprint density at radius 1 is 1.31 bits per heavy atom. The Morgan fingerprint density at radius 2 is 2.00 bits per heavy atom. The lowest BCUT2D eigenvalue weighted by Crippen LogP contribution is -2.38. The van der Waals surface area contributed by atoms with E-state index in [0.29, 0.717) is 31.0 Å². The lowest BCUT2D eigenvalue weighted by Gasteiger charge is -2.13. The van der Waals surface area contributed by atoms with E-state index in [0.717, 1.165) is 5.56 Å². The summed E-state index contributed by atoms with van der Waals surface area (Å²) in [7, 11) is -3.00. The van der Waals surface area contributed by atoms with E-state index in [1.165, 1.54) is 12.3 Å². The first-order chi connectivity index (χ1) is 11.7. The lowest BCUT2D eigenvalue weighted by atomic mass is 10.1. The van der Waals surface area contributed by atoms with Crippen LogP contribution < -0.4 is 15.4 Å². The molecule has 2 N–H and O–H groups in total. The minimum Gasteiger partial charge on any atom is -0.434 e. The van der Waals surface area contributed by atoms with Gasteiger partial charge in [0.25, 0.3) is 0 Å². The second-order valence-corrected chi connectivity index (χ2v) is 7.85. The van der Waals surface area contributed by atoms with Crippen molar-refractivity contribution in [3.63, 3.8) is 0 Å². The first-order valence-electron chi connectivity index (χ1n) is 7.95. The van der Waals surface area contributed by atoms with Crippen LogP contribution in [0.1, 0.15) is 24.5 Å². The van der Waals surface area contributed by atoms with E-state index in [-0.39, 0.29) is 42.0 Å². The van der Waals surface area contributed by atoms with Gasteiger partial charge in [-0.25, -0.2) is 13.4 Å². The smallest absolute Gasteiger partial charge is 0.387 e. The van der Waals surface area contributed by atoms with Crippen molar-refractivity contribution in [3.05, 3.63) is 29.3 Å². The van der Waals surface area contributed by atoms with Crippen LogP contribution in [0.5, 0.6) is 5.75 Å². The van der Waals surface area contributed by atoms with Gasteiger partial charge in [-0.3, -0.25) is 0 Å². The number of hydrogen-bond donors (Lipinski definition) is 2. The second-order valence-electron chi connectivity index (χ2n) is 5.60. The van der Waals surface area contributed by atoms with Gasteiger partial charge in [0.15, 0.2) is 5.96 Å². The Balaban J connectivity index is 0.00000625. The highest BCUT2D eigenvalue weighted by atomic mass is 127. The number of ether oxygens (including phenoxy) is 1. The van der Waals surface area contributed by atoms with Gasteiger partial charge < -0.3 is 15.4 Å². The van der Waals surface area contributed by atoms with Crippen LogP contribution in [-0.2, 0) is 16.4 Å². The molecule has 0 radical (unpaired) electrons. The SMILES string of the molecule is CCNC(=NCc1cc(C)ccc1OC(F)F)NCCCS(C)(=O)=O.I.